The van der Waals surface area contributed by atoms with E-state index in [1.165, 1.54) is 18.4 Å². The summed E-state index contributed by atoms with van der Waals surface area (Å²) in [6, 6.07) is 12.2. The van der Waals surface area contributed by atoms with Crippen molar-refractivity contribution in [1.29, 1.82) is 0 Å². The summed E-state index contributed by atoms with van der Waals surface area (Å²) < 4.78 is 0. The Hall–Kier alpha value is -2.16. The molecule has 0 spiro atoms. The Morgan fingerprint density at radius 1 is 1.19 bits per heavy atom. The Labute approximate surface area is 124 Å². The fourth-order valence-corrected chi connectivity index (χ4v) is 3.33. The lowest BCUT2D eigenvalue weighted by Gasteiger charge is -2.24. The van der Waals surface area contributed by atoms with Crippen LogP contribution in [0, 0.1) is 5.92 Å². The number of benzene rings is 1. The molecule has 1 aliphatic carbocycles. The zero-order valence-electron chi connectivity index (χ0n) is 11.9. The molecule has 1 amide bonds. The number of nitrogens with zero attached hydrogens (tertiary/aromatic N) is 2. The molecule has 2 aromatic rings. The fourth-order valence-electron chi connectivity index (χ4n) is 3.33. The van der Waals surface area contributed by atoms with Crippen LogP contribution in [0.3, 0.4) is 0 Å². The molecule has 106 valence electrons. The van der Waals surface area contributed by atoms with Gasteiger partial charge in [-0.15, -0.1) is 0 Å². The molecule has 1 aliphatic heterocycles. The molecule has 21 heavy (non-hydrogen) atoms. The van der Waals surface area contributed by atoms with Gasteiger partial charge in [-0.2, -0.15) is 0 Å². The largest absolute Gasteiger partial charge is 0.311 e. The molecule has 1 saturated carbocycles. The molecule has 2 aliphatic rings. The summed E-state index contributed by atoms with van der Waals surface area (Å²) in [5.41, 5.74) is 3.40. The first-order valence-corrected chi connectivity index (χ1v) is 7.64. The molecule has 1 aromatic heterocycles. The SMILES string of the molecule is O=C([C@H](c1ccccc1)C1CC1)N1CCc2cnccc21. The molecule has 4 rings (SSSR count). The van der Waals surface area contributed by atoms with Gasteiger partial charge >= 0.3 is 0 Å². The smallest absolute Gasteiger partial charge is 0.234 e. The van der Waals surface area contributed by atoms with Crippen molar-refractivity contribution in [3.63, 3.8) is 0 Å². The molecule has 0 radical (unpaired) electrons. The number of hydrogen-bond donors (Lipinski definition) is 0. The lowest BCUT2D eigenvalue weighted by molar-refractivity contribution is -0.120. The Balaban J connectivity index is 1.67. The molecule has 0 unspecified atom stereocenters. The van der Waals surface area contributed by atoms with Crippen molar-refractivity contribution in [2.24, 2.45) is 5.92 Å². The van der Waals surface area contributed by atoms with Crippen LogP contribution in [0.25, 0.3) is 0 Å². The number of fused-ring (bicyclic) bond motifs is 1. The summed E-state index contributed by atoms with van der Waals surface area (Å²) in [5, 5.41) is 0. The maximum Gasteiger partial charge on any atom is 0.234 e. The third-order valence-electron chi connectivity index (χ3n) is 4.56. The van der Waals surface area contributed by atoms with Gasteiger partial charge in [0.05, 0.1) is 5.92 Å². The van der Waals surface area contributed by atoms with E-state index < -0.39 is 0 Å². The van der Waals surface area contributed by atoms with Gasteiger partial charge in [-0.3, -0.25) is 9.78 Å². The Morgan fingerprint density at radius 3 is 2.76 bits per heavy atom. The van der Waals surface area contributed by atoms with Crippen LogP contribution in [0.2, 0.25) is 0 Å². The highest BCUT2D eigenvalue weighted by Gasteiger charge is 2.40. The molecule has 2 heterocycles. The van der Waals surface area contributed by atoms with Gasteiger partial charge in [-0.1, -0.05) is 30.3 Å². The Kier molecular flexibility index (Phi) is 2.99. The van der Waals surface area contributed by atoms with Gasteiger partial charge in [-0.05, 0) is 42.4 Å². The summed E-state index contributed by atoms with van der Waals surface area (Å²) in [5.74, 6) is 0.796. The highest BCUT2D eigenvalue weighted by molar-refractivity contribution is 6.00. The predicted molar refractivity (Wildman–Crippen MR) is 82.2 cm³/mol. The highest BCUT2D eigenvalue weighted by Crippen LogP contribution is 2.44. The van der Waals surface area contributed by atoms with Gasteiger partial charge in [0, 0.05) is 24.6 Å². The van der Waals surface area contributed by atoms with Gasteiger partial charge in [0.15, 0.2) is 0 Å². The predicted octanol–water partition coefficient (Wildman–Crippen LogP) is 3.16. The molecule has 1 atom stereocenters. The van der Waals surface area contributed by atoms with Crippen LogP contribution in [-0.4, -0.2) is 17.4 Å². The van der Waals surface area contributed by atoms with Crippen LogP contribution in [0.5, 0.6) is 0 Å². The third-order valence-corrected chi connectivity index (χ3v) is 4.56. The van der Waals surface area contributed by atoms with Gasteiger partial charge in [0.25, 0.3) is 0 Å². The number of carbonyl (C=O) groups is 1. The molecule has 0 N–H and O–H groups in total. The minimum absolute atomic E-state index is 0.0188. The van der Waals surface area contributed by atoms with Crippen LogP contribution >= 0.6 is 0 Å². The average Bonchev–Trinajstić information content (AvgIpc) is 3.26. The molecule has 3 nitrogen and oxygen atoms in total. The third kappa shape index (κ3) is 2.23. The van der Waals surface area contributed by atoms with Crippen molar-refractivity contribution in [3.8, 4) is 0 Å². The Bertz CT molecular complexity index is 664. The van der Waals surface area contributed by atoms with Crippen molar-refractivity contribution in [3.05, 3.63) is 59.9 Å². The van der Waals surface area contributed by atoms with Crippen molar-refractivity contribution in [2.45, 2.75) is 25.2 Å². The van der Waals surface area contributed by atoms with E-state index in [1.54, 1.807) is 6.20 Å². The summed E-state index contributed by atoms with van der Waals surface area (Å²) in [6.07, 6.45) is 6.92. The van der Waals surface area contributed by atoms with Crippen LogP contribution in [0.15, 0.2) is 48.8 Å². The maximum absolute atomic E-state index is 13.1. The molecule has 1 fully saturated rings. The number of aromatic nitrogens is 1. The van der Waals surface area contributed by atoms with Crippen molar-refractivity contribution in [1.82, 2.24) is 4.98 Å². The second-order valence-corrected chi connectivity index (χ2v) is 5.97. The lowest BCUT2D eigenvalue weighted by atomic mass is 9.92. The van der Waals surface area contributed by atoms with Crippen molar-refractivity contribution >= 4 is 11.6 Å². The van der Waals surface area contributed by atoms with E-state index in [4.69, 9.17) is 0 Å². The van der Waals surface area contributed by atoms with Gasteiger partial charge < -0.3 is 4.90 Å². The lowest BCUT2D eigenvalue weighted by Crippen LogP contribution is -2.34. The summed E-state index contributed by atoms with van der Waals surface area (Å²) in [6.45, 7) is 0.788. The topological polar surface area (TPSA) is 33.2 Å². The molecular formula is C18H18N2O. The van der Waals surface area contributed by atoms with Crippen LogP contribution in [0.4, 0.5) is 5.69 Å². The first-order valence-electron chi connectivity index (χ1n) is 7.64. The first kappa shape index (κ1) is 12.6. The van der Waals surface area contributed by atoms with E-state index in [0.717, 1.165) is 24.2 Å². The molecule has 1 aromatic carbocycles. The average molecular weight is 278 g/mol. The summed E-state index contributed by atoms with van der Waals surface area (Å²) >= 11 is 0. The summed E-state index contributed by atoms with van der Waals surface area (Å²) in [4.78, 5) is 19.2. The van der Waals surface area contributed by atoms with E-state index >= 15 is 0 Å². The number of amides is 1. The zero-order chi connectivity index (χ0) is 14.2. The van der Waals surface area contributed by atoms with E-state index in [2.05, 4.69) is 17.1 Å². The number of rotatable bonds is 3. The van der Waals surface area contributed by atoms with E-state index in [1.807, 2.05) is 35.4 Å². The normalized spacial score (nSPS) is 18.4. The minimum Gasteiger partial charge on any atom is -0.311 e. The zero-order valence-corrected chi connectivity index (χ0v) is 11.9. The second kappa shape index (κ2) is 4.99. The summed E-state index contributed by atoms with van der Waals surface area (Å²) in [7, 11) is 0. The maximum atomic E-state index is 13.1. The monoisotopic (exact) mass is 278 g/mol. The van der Waals surface area contributed by atoms with Crippen LogP contribution in [-0.2, 0) is 11.2 Å². The minimum atomic E-state index is 0.0188. The quantitative estimate of drug-likeness (QED) is 0.864. The van der Waals surface area contributed by atoms with Crippen LogP contribution < -0.4 is 4.90 Å². The van der Waals surface area contributed by atoms with E-state index in [-0.39, 0.29) is 11.8 Å². The number of anilines is 1. The van der Waals surface area contributed by atoms with Gasteiger partial charge in [0.1, 0.15) is 0 Å². The van der Waals surface area contributed by atoms with E-state index in [9.17, 15) is 4.79 Å². The highest BCUT2D eigenvalue weighted by atomic mass is 16.2. The molecular weight excluding hydrogens is 260 g/mol. The fraction of sp³-hybridized carbons (Fsp3) is 0.333. The molecule has 0 saturated heterocycles. The number of pyridine rings is 1. The first-order chi connectivity index (χ1) is 10.3. The van der Waals surface area contributed by atoms with Crippen molar-refractivity contribution < 1.29 is 4.79 Å². The second-order valence-electron chi connectivity index (χ2n) is 5.97. The molecule has 0 bridgehead atoms. The number of hydrogen-bond acceptors (Lipinski definition) is 2. The Morgan fingerprint density at radius 2 is 2.00 bits per heavy atom. The molecule has 3 heteroatoms. The van der Waals surface area contributed by atoms with Gasteiger partial charge in [-0.25, -0.2) is 0 Å². The van der Waals surface area contributed by atoms with E-state index in [0.29, 0.717) is 5.92 Å². The van der Waals surface area contributed by atoms with Gasteiger partial charge in [0.2, 0.25) is 5.91 Å². The standard InChI is InChI=1S/C18H18N2O/c21-18(20-11-9-15-12-19-10-8-16(15)20)17(14-6-7-14)13-4-2-1-3-5-13/h1-5,8,10,12,14,17H,6-7,9,11H2/t17-/m1/s1. The number of carbonyl (C=O) groups excluding carboxylic acids is 1. The van der Waals surface area contributed by atoms with Crippen LogP contribution in [0.1, 0.15) is 29.9 Å². The van der Waals surface area contributed by atoms with Crippen molar-refractivity contribution in [2.75, 3.05) is 11.4 Å².